The van der Waals surface area contributed by atoms with Crippen molar-refractivity contribution < 1.29 is 0 Å². The van der Waals surface area contributed by atoms with Crippen LogP contribution in [0.4, 0.5) is 0 Å². The summed E-state index contributed by atoms with van der Waals surface area (Å²) in [4.78, 5) is 0. The number of nitrogens with zero attached hydrogens (tertiary/aromatic N) is 3. The molecule has 19 heavy (non-hydrogen) atoms. The van der Waals surface area contributed by atoms with Crippen LogP contribution >= 0.6 is 0 Å². The van der Waals surface area contributed by atoms with Crippen LogP contribution in [0.3, 0.4) is 0 Å². The van der Waals surface area contributed by atoms with Crippen molar-refractivity contribution in [3.05, 3.63) is 12.7 Å². The molecule has 3 aliphatic rings. The summed E-state index contributed by atoms with van der Waals surface area (Å²) < 4.78 is 8.72. The van der Waals surface area contributed by atoms with Gasteiger partial charge in [0.25, 0.3) is 8.56 Å². The minimum Gasteiger partial charge on any atom is -0.299 e. The molecule has 3 saturated heterocycles. The van der Waals surface area contributed by atoms with Crippen LogP contribution < -0.4 is 0 Å². The van der Waals surface area contributed by atoms with Gasteiger partial charge in [0, 0.05) is 6.04 Å². The van der Waals surface area contributed by atoms with E-state index >= 15 is 0 Å². The Balaban J connectivity index is 1.90. The van der Waals surface area contributed by atoms with Crippen molar-refractivity contribution in [1.82, 2.24) is 13.7 Å². The molecule has 0 radical (unpaired) electrons. The van der Waals surface area contributed by atoms with E-state index in [9.17, 15) is 0 Å². The molecule has 0 aromatic rings. The third-order valence-electron chi connectivity index (χ3n) is 5.26. The lowest BCUT2D eigenvalue weighted by molar-refractivity contribution is 0.302. The van der Waals surface area contributed by atoms with E-state index in [-0.39, 0.29) is 0 Å². The molecule has 0 N–H and O–H groups in total. The van der Waals surface area contributed by atoms with Crippen LogP contribution in [0.2, 0.25) is 6.04 Å². The molecule has 0 unspecified atom stereocenters. The summed E-state index contributed by atoms with van der Waals surface area (Å²) in [7, 11) is -1.61. The lowest BCUT2D eigenvalue weighted by atomic mass is 10.4. The molecular formula is C15H29N3Si. The normalized spacial score (nSPS) is 27.4. The summed E-state index contributed by atoms with van der Waals surface area (Å²) in [5.41, 5.74) is 0. The third kappa shape index (κ3) is 2.44. The molecule has 0 spiro atoms. The lowest BCUT2D eigenvalue weighted by Gasteiger charge is -2.50. The summed E-state index contributed by atoms with van der Waals surface area (Å²) in [6.07, 6.45) is 10.7. The van der Waals surface area contributed by atoms with Crippen LogP contribution in [0, 0.1) is 0 Å². The van der Waals surface area contributed by atoms with E-state index < -0.39 is 8.56 Å². The first-order valence-corrected chi connectivity index (χ1v) is 10.3. The van der Waals surface area contributed by atoms with Gasteiger partial charge in [-0.05, 0) is 77.8 Å². The molecule has 0 saturated carbocycles. The topological polar surface area (TPSA) is 9.72 Å². The zero-order valence-corrected chi connectivity index (χ0v) is 13.3. The molecule has 0 aliphatic carbocycles. The van der Waals surface area contributed by atoms with E-state index in [1.165, 1.54) is 83.8 Å². The molecule has 3 heterocycles. The summed E-state index contributed by atoms with van der Waals surface area (Å²) in [6.45, 7) is 12.2. The molecule has 4 heteroatoms. The van der Waals surface area contributed by atoms with Gasteiger partial charge in [0.15, 0.2) is 0 Å². The first-order valence-electron chi connectivity index (χ1n) is 8.24. The van der Waals surface area contributed by atoms with Crippen molar-refractivity contribution >= 4 is 8.56 Å². The SMILES string of the molecule is C=CC[Si](N1CCCC1)(N1CCCC1)N1CCCC1. The first kappa shape index (κ1) is 13.8. The zero-order chi connectivity index (χ0) is 13.1. The van der Waals surface area contributed by atoms with E-state index in [2.05, 4.69) is 26.4 Å². The molecule has 3 fully saturated rings. The molecule has 0 atom stereocenters. The summed E-state index contributed by atoms with van der Waals surface area (Å²) in [6, 6.07) is 1.24. The van der Waals surface area contributed by atoms with Gasteiger partial charge in [0.05, 0.1) is 0 Å². The number of hydrogen-bond acceptors (Lipinski definition) is 3. The van der Waals surface area contributed by atoms with Crippen molar-refractivity contribution in [3.8, 4) is 0 Å². The molecule has 3 rings (SSSR count). The van der Waals surface area contributed by atoms with Crippen molar-refractivity contribution in [1.29, 1.82) is 0 Å². The molecule has 108 valence electrons. The maximum absolute atomic E-state index is 4.11. The van der Waals surface area contributed by atoms with Gasteiger partial charge in [0.2, 0.25) is 0 Å². The Morgan fingerprint density at radius 1 is 0.684 bits per heavy atom. The van der Waals surface area contributed by atoms with Crippen molar-refractivity contribution in [2.75, 3.05) is 39.3 Å². The maximum Gasteiger partial charge on any atom is 0.293 e. The summed E-state index contributed by atoms with van der Waals surface area (Å²) in [5.74, 6) is 0. The van der Waals surface area contributed by atoms with Gasteiger partial charge in [-0.2, -0.15) is 0 Å². The molecule has 0 aromatic carbocycles. The minimum absolute atomic E-state index is 1.24. The van der Waals surface area contributed by atoms with Crippen LogP contribution in [0.25, 0.3) is 0 Å². The molecule has 0 amide bonds. The predicted molar refractivity (Wildman–Crippen MR) is 83.2 cm³/mol. The standard InChI is InChI=1S/C15H29N3Si/c1-2-15-19(16-9-3-4-10-16,17-11-5-6-12-17)18-13-7-8-14-18/h2H,1,3-15H2. The second-order valence-corrected chi connectivity index (χ2v) is 10.2. The van der Waals surface area contributed by atoms with Gasteiger partial charge in [-0.25, -0.2) is 0 Å². The Bertz CT molecular complexity index is 262. The van der Waals surface area contributed by atoms with E-state index in [1.54, 1.807) is 0 Å². The van der Waals surface area contributed by atoms with Gasteiger partial charge in [-0.3, -0.25) is 13.7 Å². The van der Waals surface area contributed by atoms with Crippen LogP contribution in [0.5, 0.6) is 0 Å². The van der Waals surface area contributed by atoms with E-state index in [0.29, 0.717) is 0 Å². The fourth-order valence-corrected chi connectivity index (χ4v) is 9.87. The van der Waals surface area contributed by atoms with E-state index in [0.717, 1.165) is 0 Å². The van der Waals surface area contributed by atoms with Crippen LogP contribution in [-0.2, 0) is 0 Å². The van der Waals surface area contributed by atoms with Crippen LogP contribution in [0.15, 0.2) is 12.7 Å². The second kappa shape index (κ2) is 6.08. The molecular weight excluding hydrogens is 250 g/mol. The average Bonchev–Trinajstić information content (AvgIpc) is 3.18. The smallest absolute Gasteiger partial charge is 0.293 e. The fourth-order valence-electron chi connectivity index (χ4n) is 4.41. The fraction of sp³-hybridized carbons (Fsp3) is 0.867. The zero-order valence-electron chi connectivity index (χ0n) is 12.3. The Labute approximate surface area is 119 Å². The highest BCUT2D eigenvalue weighted by atomic mass is 28.4. The number of hydrogen-bond donors (Lipinski definition) is 0. The van der Waals surface area contributed by atoms with Crippen LogP contribution in [0.1, 0.15) is 38.5 Å². The molecule has 3 aliphatic heterocycles. The highest BCUT2D eigenvalue weighted by Crippen LogP contribution is 2.33. The van der Waals surface area contributed by atoms with Crippen molar-refractivity contribution in [2.24, 2.45) is 0 Å². The second-order valence-electron chi connectivity index (χ2n) is 6.35. The van der Waals surface area contributed by atoms with Gasteiger partial charge < -0.3 is 0 Å². The lowest BCUT2D eigenvalue weighted by Crippen LogP contribution is -2.73. The molecule has 0 aromatic heterocycles. The average molecular weight is 280 g/mol. The summed E-state index contributed by atoms with van der Waals surface area (Å²) >= 11 is 0. The monoisotopic (exact) mass is 279 g/mol. The summed E-state index contributed by atoms with van der Waals surface area (Å²) in [5, 5.41) is 0. The van der Waals surface area contributed by atoms with Crippen molar-refractivity contribution in [3.63, 3.8) is 0 Å². The van der Waals surface area contributed by atoms with E-state index in [4.69, 9.17) is 0 Å². The quantitative estimate of drug-likeness (QED) is 0.565. The van der Waals surface area contributed by atoms with Gasteiger partial charge >= 0.3 is 0 Å². The highest BCUT2D eigenvalue weighted by Gasteiger charge is 2.52. The molecule has 0 bridgehead atoms. The first-order chi connectivity index (χ1) is 9.38. The Kier molecular flexibility index (Phi) is 4.42. The van der Waals surface area contributed by atoms with E-state index in [1.807, 2.05) is 0 Å². The Hall–Kier alpha value is -0.163. The minimum atomic E-state index is -1.61. The van der Waals surface area contributed by atoms with Crippen molar-refractivity contribution in [2.45, 2.75) is 44.6 Å². The van der Waals surface area contributed by atoms with Gasteiger partial charge in [0.1, 0.15) is 0 Å². The Morgan fingerprint density at radius 2 is 1.00 bits per heavy atom. The predicted octanol–water partition coefficient (Wildman–Crippen LogP) is 2.40. The third-order valence-corrected chi connectivity index (χ3v) is 10.5. The number of allylic oxidation sites excluding steroid dienone is 1. The Morgan fingerprint density at radius 3 is 1.26 bits per heavy atom. The number of rotatable bonds is 5. The van der Waals surface area contributed by atoms with Crippen LogP contribution in [-0.4, -0.2) is 61.5 Å². The maximum atomic E-state index is 4.11. The largest absolute Gasteiger partial charge is 0.299 e. The molecule has 3 nitrogen and oxygen atoms in total. The highest BCUT2D eigenvalue weighted by molar-refractivity contribution is 6.72. The van der Waals surface area contributed by atoms with Gasteiger partial charge in [-0.15, -0.1) is 6.58 Å². The van der Waals surface area contributed by atoms with Gasteiger partial charge in [-0.1, -0.05) is 6.08 Å².